The normalized spacial score (nSPS) is 10.8. The number of hydrogen-bond donors (Lipinski definition) is 0. The molecule has 0 aromatic carbocycles. The molecule has 0 fully saturated rings. The van der Waals surface area contributed by atoms with E-state index < -0.39 is 17.4 Å². The largest absolute Gasteiger partial charge is 0.465 e. The molecule has 0 aromatic rings. The van der Waals surface area contributed by atoms with E-state index in [0.29, 0.717) is 0 Å². The average Bonchev–Trinajstić information content (AvgIpc) is 2.29. The number of esters is 2. The molecular weight excluding hydrogens is 244 g/mol. The van der Waals surface area contributed by atoms with Crippen molar-refractivity contribution < 1.29 is 19.1 Å². The Morgan fingerprint density at radius 1 is 1.24 bits per heavy atom. The molecule has 0 atom stereocenters. The SMILES string of the molecule is C=CCC(CCCl)(C(=O)OCC)C(=O)OCC. The first kappa shape index (κ1) is 16.0. The molecule has 0 N–H and O–H groups in total. The Morgan fingerprint density at radius 2 is 1.71 bits per heavy atom. The molecule has 0 rings (SSSR count). The minimum Gasteiger partial charge on any atom is -0.465 e. The van der Waals surface area contributed by atoms with E-state index in [-0.39, 0.29) is 31.9 Å². The second-order valence-corrected chi connectivity index (χ2v) is 3.83. The van der Waals surface area contributed by atoms with Crippen molar-refractivity contribution in [3.05, 3.63) is 12.7 Å². The summed E-state index contributed by atoms with van der Waals surface area (Å²) in [5.74, 6) is -1.02. The van der Waals surface area contributed by atoms with Crippen LogP contribution in [0.4, 0.5) is 0 Å². The number of rotatable bonds is 8. The van der Waals surface area contributed by atoms with Crippen LogP contribution < -0.4 is 0 Å². The van der Waals surface area contributed by atoms with Gasteiger partial charge in [-0.2, -0.15) is 0 Å². The van der Waals surface area contributed by atoms with Crippen molar-refractivity contribution in [3.63, 3.8) is 0 Å². The third-order valence-corrected chi connectivity index (χ3v) is 2.54. The molecule has 0 amide bonds. The van der Waals surface area contributed by atoms with Crippen molar-refractivity contribution in [3.8, 4) is 0 Å². The number of carbonyl (C=O) groups is 2. The van der Waals surface area contributed by atoms with Gasteiger partial charge >= 0.3 is 11.9 Å². The topological polar surface area (TPSA) is 52.6 Å². The van der Waals surface area contributed by atoms with Crippen LogP contribution >= 0.6 is 11.6 Å². The molecule has 0 saturated carbocycles. The summed E-state index contributed by atoms with van der Waals surface area (Å²) in [5.41, 5.74) is -1.35. The van der Waals surface area contributed by atoms with E-state index in [2.05, 4.69) is 6.58 Å². The number of hydrogen-bond acceptors (Lipinski definition) is 4. The Balaban J connectivity index is 5.16. The zero-order chi connectivity index (χ0) is 13.3. The molecule has 5 heteroatoms. The van der Waals surface area contributed by atoms with E-state index >= 15 is 0 Å². The predicted molar refractivity (Wildman–Crippen MR) is 65.9 cm³/mol. The summed E-state index contributed by atoms with van der Waals surface area (Å²) in [4.78, 5) is 23.9. The van der Waals surface area contributed by atoms with Gasteiger partial charge < -0.3 is 9.47 Å². The molecule has 98 valence electrons. The maximum atomic E-state index is 11.9. The third-order valence-electron chi connectivity index (χ3n) is 2.35. The lowest BCUT2D eigenvalue weighted by Crippen LogP contribution is -2.42. The van der Waals surface area contributed by atoms with Crippen LogP contribution in [0.2, 0.25) is 0 Å². The molecule has 0 aliphatic carbocycles. The van der Waals surface area contributed by atoms with Crippen LogP contribution in [-0.4, -0.2) is 31.0 Å². The van der Waals surface area contributed by atoms with Crippen LogP contribution in [0.15, 0.2) is 12.7 Å². The summed E-state index contributed by atoms with van der Waals surface area (Å²) < 4.78 is 9.87. The monoisotopic (exact) mass is 262 g/mol. The van der Waals surface area contributed by atoms with Crippen LogP contribution in [0.1, 0.15) is 26.7 Å². The van der Waals surface area contributed by atoms with E-state index in [1.54, 1.807) is 13.8 Å². The highest BCUT2D eigenvalue weighted by molar-refractivity contribution is 6.18. The second kappa shape index (κ2) is 8.12. The van der Waals surface area contributed by atoms with Crippen LogP contribution in [0.5, 0.6) is 0 Å². The van der Waals surface area contributed by atoms with E-state index in [4.69, 9.17) is 21.1 Å². The zero-order valence-electron chi connectivity index (χ0n) is 10.3. The molecule has 0 bridgehead atoms. The van der Waals surface area contributed by atoms with Gasteiger partial charge in [-0.25, -0.2) is 0 Å². The Bertz CT molecular complexity index is 258. The summed E-state index contributed by atoms with van der Waals surface area (Å²) in [5, 5.41) is 0. The van der Waals surface area contributed by atoms with Gasteiger partial charge in [-0.3, -0.25) is 9.59 Å². The van der Waals surface area contributed by atoms with E-state index in [0.717, 1.165) is 0 Å². The fourth-order valence-corrected chi connectivity index (χ4v) is 1.82. The minimum absolute atomic E-state index is 0.164. The predicted octanol–water partition coefficient (Wildman–Crippen LogP) is 2.30. The fourth-order valence-electron chi connectivity index (χ4n) is 1.50. The molecule has 0 spiro atoms. The van der Waals surface area contributed by atoms with Gasteiger partial charge in [-0.05, 0) is 26.7 Å². The van der Waals surface area contributed by atoms with Gasteiger partial charge in [0, 0.05) is 5.88 Å². The summed E-state index contributed by atoms with van der Waals surface area (Å²) >= 11 is 5.66. The molecule has 0 heterocycles. The molecule has 0 unspecified atom stereocenters. The minimum atomic E-state index is -1.35. The fraction of sp³-hybridized carbons (Fsp3) is 0.667. The van der Waals surface area contributed by atoms with Crippen molar-refractivity contribution >= 4 is 23.5 Å². The third kappa shape index (κ3) is 4.04. The molecule has 0 aromatic heterocycles. The lowest BCUT2D eigenvalue weighted by molar-refractivity contribution is -0.172. The molecule has 0 aliphatic heterocycles. The standard InChI is InChI=1S/C12H19ClO4/c1-4-7-12(8-9-13,10(14)16-5-2)11(15)17-6-3/h4H,1,5-9H2,2-3H3. The first-order valence-corrected chi connectivity index (χ1v) is 6.13. The van der Waals surface area contributed by atoms with Gasteiger partial charge in [0.05, 0.1) is 13.2 Å². The molecule has 17 heavy (non-hydrogen) atoms. The summed E-state index contributed by atoms with van der Waals surface area (Å²) in [6, 6.07) is 0. The highest BCUT2D eigenvalue weighted by Gasteiger charge is 2.47. The highest BCUT2D eigenvalue weighted by Crippen LogP contribution is 2.31. The van der Waals surface area contributed by atoms with Crippen LogP contribution in [0, 0.1) is 5.41 Å². The van der Waals surface area contributed by atoms with Gasteiger partial charge in [-0.1, -0.05) is 6.08 Å². The number of ether oxygens (including phenoxy) is 2. The van der Waals surface area contributed by atoms with Crippen molar-refractivity contribution in [2.75, 3.05) is 19.1 Å². The average molecular weight is 263 g/mol. The molecule has 0 aliphatic rings. The Labute approximate surface area is 107 Å². The van der Waals surface area contributed by atoms with Crippen molar-refractivity contribution in [2.24, 2.45) is 5.41 Å². The van der Waals surface area contributed by atoms with Crippen molar-refractivity contribution in [1.29, 1.82) is 0 Å². The number of alkyl halides is 1. The van der Waals surface area contributed by atoms with Crippen molar-refractivity contribution in [1.82, 2.24) is 0 Å². The zero-order valence-corrected chi connectivity index (χ0v) is 11.1. The second-order valence-electron chi connectivity index (χ2n) is 3.45. The first-order chi connectivity index (χ1) is 8.08. The van der Waals surface area contributed by atoms with E-state index in [1.165, 1.54) is 6.08 Å². The van der Waals surface area contributed by atoms with Gasteiger partial charge in [0.15, 0.2) is 5.41 Å². The Morgan fingerprint density at radius 3 is 2.00 bits per heavy atom. The van der Waals surface area contributed by atoms with Crippen LogP contribution in [-0.2, 0) is 19.1 Å². The summed E-state index contributed by atoms with van der Waals surface area (Å²) in [7, 11) is 0. The molecule has 4 nitrogen and oxygen atoms in total. The summed E-state index contributed by atoms with van der Waals surface area (Å²) in [6.07, 6.45) is 1.84. The number of halogens is 1. The maximum Gasteiger partial charge on any atom is 0.323 e. The first-order valence-electron chi connectivity index (χ1n) is 5.60. The Hall–Kier alpha value is -1.03. The molecule has 0 saturated heterocycles. The van der Waals surface area contributed by atoms with E-state index in [9.17, 15) is 9.59 Å². The lowest BCUT2D eigenvalue weighted by Gasteiger charge is -2.27. The van der Waals surface area contributed by atoms with E-state index in [1.807, 2.05) is 0 Å². The summed E-state index contributed by atoms with van der Waals surface area (Å²) in [6.45, 7) is 7.34. The molecular formula is C12H19ClO4. The Kier molecular flexibility index (Phi) is 7.63. The smallest absolute Gasteiger partial charge is 0.323 e. The molecule has 0 radical (unpaired) electrons. The number of allylic oxidation sites excluding steroid dienone is 1. The number of carbonyl (C=O) groups excluding carboxylic acids is 2. The highest BCUT2D eigenvalue weighted by atomic mass is 35.5. The van der Waals surface area contributed by atoms with Gasteiger partial charge in [0.25, 0.3) is 0 Å². The van der Waals surface area contributed by atoms with Crippen molar-refractivity contribution in [2.45, 2.75) is 26.7 Å². The van der Waals surface area contributed by atoms with Crippen LogP contribution in [0.3, 0.4) is 0 Å². The quantitative estimate of drug-likeness (QED) is 0.292. The van der Waals surface area contributed by atoms with Gasteiger partial charge in [0.1, 0.15) is 0 Å². The van der Waals surface area contributed by atoms with Gasteiger partial charge in [-0.15, -0.1) is 18.2 Å². The van der Waals surface area contributed by atoms with Gasteiger partial charge in [0.2, 0.25) is 0 Å². The lowest BCUT2D eigenvalue weighted by atomic mass is 9.81. The van der Waals surface area contributed by atoms with Crippen LogP contribution in [0.25, 0.3) is 0 Å². The maximum absolute atomic E-state index is 11.9.